The fourth-order valence-electron chi connectivity index (χ4n) is 2.34. The standard InChI is InChI=1S/C12H27N3O3S/c1-4-13-12(2,11-16)5-6-14-7-9-15(10-8-14)19(3,17)18/h13,16H,4-11H2,1-3H3. The first-order valence-corrected chi connectivity index (χ1v) is 8.69. The van der Waals surface area contributed by atoms with Crippen LogP contribution < -0.4 is 5.32 Å². The number of nitrogens with one attached hydrogen (secondary N) is 1. The number of piperazine rings is 1. The molecule has 0 amide bonds. The normalized spacial score (nSPS) is 22.3. The fraction of sp³-hybridized carbons (Fsp3) is 1.00. The number of rotatable bonds is 7. The van der Waals surface area contributed by atoms with Crippen LogP contribution in [-0.2, 0) is 10.0 Å². The lowest BCUT2D eigenvalue weighted by Crippen LogP contribution is -2.52. The summed E-state index contributed by atoms with van der Waals surface area (Å²) in [4.78, 5) is 2.26. The summed E-state index contributed by atoms with van der Waals surface area (Å²) < 4.78 is 24.3. The molecule has 1 saturated heterocycles. The molecule has 1 atom stereocenters. The molecule has 0 saturated carbocycles. The van der Waals surface area contributed by atoms with Gasteiger partial charge in [0, 0.05) is 38.3 Å². The zero-order valence-electron chi connectivity index (χ0n) is 12.2. The van der Waals surface area contributed by atoms with Crippen molar-refractivity contribution in [3.05, 3.63) is 0 Å². The van der Waals surface area contributed by atoms with Crippen LogP contribution in [0.1, 0.15) is 20.3 Å². The molecule has 7 heteroatoms. The van der Waals surface area contributed by atoms with Crippen molar-refractivity contribution in [2.24, 2.45) is 0 Å². The summed E-state index contributed by atoms with van der Waals surface area (Å²) in [5.74, 6) is 0. The Morgan fingerprint density at radius 3 is 2.26 bits per heavy atom. The average Bonchev–Trinajstić information content (AvgIpc) is 2.36. The molecule has 1 aliphatic rings. The van der Waals surface area contributed by atoms with Gasteiger partial charge in [-0.25, -0.2) is 8.42 Å². The third-order valence-corrected chi connectivity index (χ3v) is 5.04. The molecule has 0 spiro atoms. The molecule has 0 aromatic heterocycles. The molecule has 1 fully saturated rings. The fourth-order valence-corrected chi connectivity index (χ4v) is 3.17. The van der Waals surface area contributed by atoms with Gasteiger partial charge in [-0.2, -0.15) is 4.31 Å². The third kappa shape index (κ3) is 5.35. The van der Waals surface area contributed by atoms with E-state index in [0.29, 0.717) is 13.1 Å². The molecule has 1 rings (SSSR count). The van der Waals surface area contributed by atoms with Gasteiger partial charge < -0.3 is 15.3 Å². The van der Waals surface area contributed by atoms with Crippen LogP contribution in [0.5, 0.6) is 0 Å². The number of hydrogen-bond acceptors (Lipinski definition) is 5. The molecular weight excluding hydrogens is 266 g/mol. The second kappa shape index (κ2) is 6.99. The maximum atomic E-state index is 11.4. The van der Waals surface area contributed by atoms with E-state index in [1.807, 2.05) is 13.8 Å². The van der Waals surface area contributed by atoms with E-state index in [0.717, 1.165) is 32.6 Å². The van der Waals surface area contributed by atoms with Crippen LogP contribution in [0.15, 0.2) is 0 Å². The van der Waals surface area contributed by atoms with Crippen LogP contribution in [-0.4, -0.2) is 80.4 Å². The molecule has 0 aromatic rings. The van der Waals surface area contributed by atoms with Crippen molar-refractivity contribution in [2.45, 2.75) is 25.8 Å². The van der Waals surface area contributed by atoms with Crippen LogP contribution in [0.2, 0.25) is 0 Å². The lowest BCUT2D eigenvalue weighted by molar-refractivity contribution is 0.131. The monoisotopic (exact) mass is 293 g/mol. The van der Waals surface area contributed by atoms with E-state index in [4.69, 9.17) is 0 Å². The first-order chi connectivity index (χ1) is 8.80. The molecule has 0 radical (unpaired) electrons. The molecule has 0 aromatic carbocycles. The predicted octanol–water partition coefficient (Wildman–Crippen LogP) is -0.686. The van der Waals surface area contributed by atoms with Gasteiger partial charge in [0.15, 0.2) is 0 Å². The van der Waals surface area contributed by atoms with Crippen molar-refractivity contribution in [2.75, 3.05) is 52.1 Å². The smallest absolute Gasteiger partial charge is 0.211 e. The van der Waals surface area contributed by atoms with E-state index in [9.17, 15) is 13.5 Å². The van der Waals surface area contributed by atoms with Crippen molar-refractivity contribution in [3.8, 4) is 0 Å². The Kier molecular flexibility index (Phi) is 6.19. The van der Waals surface area contributed by atoms with Gasteiger partial charge in [-0.1, -0.05) is 6.92 Å². The number of likely N-dealkylation sites (N-methyl/N-ethyl adjacent to an activating group) is 1. The predicted molar refractivity (Wildman–Crippen MR) is 76.6 cm³/mol. The highest BCUT2D eigenvalue weighted by Gasteiger charge is 2.26. The molecule has 1 heterocycles. The van der Waals surface area contributed by atoms with Crippen molar-refractivity contribution in [1.29, 1.82) is 0 Å². The van der Waals surface area contributed by atoms with Crippen LogP contribution in [0.25, 0.3) is 0 Å². The van der Waals surface area contributed by atoms with E-state index >= 15 is 0 Å². The van der Waals surface area contributed by atoms with Crippen molar-refractivity contribution >= 4 is 10.0 Å². The summed E-state index contributed by atoms with van der Waals surface area (Å²) in [6, 6.07) is 0. The average molecular weight is 293 g/mol. The second-order valence-corrected chi connectivity index (χ2v) is 7.49. The van der Waals surface area contributed by atoms with Crippen LogP contribution in [0.4, 0.5) is 0 Å². The van der Waals surface area contributed by atoms with E-state index < -0.39 is 10.0 Å². The number of nitrogens with zero attached hydrogens (tertiary/aromatic N) is 2. The van der Waals surface area contributed by atoms with Crippen molar-refractivity contribution in [1.82, 2.24) is 14.5 Å². The SMILES string of the molecule is CCNC(C)(CO)CCN1CCN(S(C)(=O)=O)CC1. The lowest BCUT2D eigenvalue weighted by atomic mass is 9.98. The summed E-state index contributed by atoms with van der Waals surface area (Å²) in [6.07, 6.45) is 2.12. The maximum absolute atomic E-state index is 11.4. The molecule has 1 unspecified atom stereocenters. The van der Waals surface area contributed by atoms with Crippen LogP contribution in [0, 0.1) is 0 Å². The van der Waals surface area contributed by atoms with Crippen LogP contribution in [0.3, 0.4) is 0 Å². The Balaban J connectivity index is 2.37. The topological polar surface area (TPSA) is 72.9 Å². The molecule has 1 aliphatic heterocycles. The van der Waals surface area contributed by atoms with Crippen LogP contribution >= 0.6 is 0 Å². The van der Waals surface area contributed by atoms with Gasteiger partial charge in [0.2, 0.25) is 10.0 Å². The minimum Gasteiger partial charge on any atom is -0.394 e. The molecule has 2 N–H and O–H groups in total. The molecule has 0 bridgehead atoms. The van der Waals surface area contributed by atoms with Gasteiger partial charge in [-0.05, 0) is 19.9 Å². The van der Waals surface area contributed by atoms with Gasteiger partial charge in [0.25, 0.3) is 0 Å². The third-order valence-electron chi connectivity index (χ3n) is 3.73. The zero-order valence-corrected chi connectivity index (χ0v) is 13.0. The summed E-state index contributed by atoms with van der Waals surface area (Å²) in [6.45, 7) is 8.53. The van der Waals surface area contributed by atoms with Gasteiger partial charge in [-0.15, -0.1) is 0 Å². The first-order valence-electron chi connectivity index (χ1n) is 6.84. The summed E-state index contributed by atoms with van der Waals surface area (Å²) in [7, 11) is -3.05. The van der Waals surface area contributed by atoms with Gasteiger partial charge in [0.1, 0.15) is 0 Å². The minimum absolute atomic E-state index is 0.115. The molecule has 19 heavy (non-hydrogen) atoms. The molecular formula is C12H27N3O3S. The molecule has 114 valence electrons. The van der Waals surface area contributed by atoms with E-state index in [1.54, 1.807) is 0 Å². The Morgan fingerprint density at radius 1 is 1.26 bits per heavy atom. The highest BCUT2D eigenvalue weighted by molar-refractivity contribution is 7.88. The lowest BCUT2D eigenvalue weighted by Gasteiger charge is -2.36. The van der Waals surface area contributed by atoms with Crippen molar-refractivity contribution in [3.63, 3.8) is 0 Å². The summed E-state index contributed by atoms with van der Waals surface area (Å²) in [5, 5.41) is 12.7. The summed E-state index contributed by atoms with van der Waals surface area (Å²) in [5.41, 5.74) is -0.247. The largest absolute Gasteiger partial charge is 0.394 e. The van der Waals surface area contributed by atoms with E-state index in [-0.39, 0.29) is 12.1 Å². The van der Waals surface area contributed by atoms with Crippen molar-refractivity contribution < 1.29 is 13.5 Å². The molecule has 0 aliphatic carbocycles. The Labute approximate surface area is 116 Å². The Bertz CT molecular complexity index is 366. The zero-order chi connectivity index (χ0) is 14.5. The highest BCUT2D eigenvalue weighted by Crippen LogP contribution is 2.12. The second-order valence-electron chi connectivity index (χ2n) is 5.50. The Hall–Kier alpha value is -0.210. The Morgan fingerprint density at radius 2 is 1.84 bits per heavy atom. The summed E-state index contributed by atoms with van der Waals surface area (Å²) >= 11 is 0. The number of aliphatic hydroxyl groups excluding tert-OH is 1. The van der Waals surface area contributed by atoms with E-state index in [2.05, 4.69) is 10.2 Å². The number of hydrogen-bond donors (Lipinski definition) is 2. The molecule has 6 nitrogen and oxygen atoms in total. The maximum Gasteiger partial charge on any atom is 0.211 e. The van der Waals surface area contributed by atoms with Gasteiger partial charge in [0.05, 0.1) is 12.9 Å². The quantitative estimate of drug-likeness (QED) is 0.650. The first kappa shape index (κ1) is 16.8. The minimum atomic E-state index is -3.05. The van der Waals surface area contributed by atoms with E-state index in [1.165, 1.54) is 10.6 Å². The van der Waals surface area contributed by atoms with Gasteiger partial charge >= 0.3 is 0 Å². The number of aliphatic hydroxyl groups is 1. The highest BCUT2D eigenvalue weighted by atomic mass is 32.2. The van der Waals surface area contributed by atoms with Gasteiger partial charge in [-0.3, -0.25) is 0 Å². The number of sulfonamides is 1.